The van der Waals surface area contributed by atoms with Gasteiger partial charge < -0.3 is 10.4 Å². The van der Waals surface area contributed by atoms with E-state index in [4.69, 9.17) is 5.26 Å². The van der Waals surface area contributed by atoms with Crippen LogP contribution >= 0.6 is 0 Å². The number of aliphatic hydroxyl groups is 1. The number of rotatable bonds is 4. The van der Waals surface area contributed by atoms with Crippen LogP contribution in [-0.2, 0) is 4.79 Å². The molecule has 0 bridgehead atoms. The summed E-state index contributed by atoms with van der Waals surface area (Å²) < 4.78 is 0. The molecule has 1 aromatic rings. The molecule has 5 aliphatic rings. The molecule has 0 spiro atoms. The number of fused-ring (bicyclic) bond motifs is 7. The Kier molecular flexibility index (Phi) is 5.33. The number of hydrogen-bond donors (Lipinski definition) is 2. The highest BCUT2D eigenvalue weighted by molar-refractivity contribution is 5.93. The molecule has 5 nitrogen and oxygen atoms in total. The van der Waals surface area contributed by atoms with Gasteiger partial charge in [-0.15, -0.1) is 0 Å². The Morgan fingerprint density at radius 3 is 2.71 bits per heavy atom. The van der Waals surface area contributed by atoms with Gasteiger partial charge in [0.05, 0.1) is 11.2 Å². The summed E-state index contributed by atoms with van der Waals surface area (Å²) in [5, 5.41) is 23.2. The van der Waals surface area contributed by atoms with Crippen molar-refractivity contribution in [3.05, 3.63) is 23.9 Å². The molecule has 2 N–H and O–H groups in total. The smallest absolute Gasteiger partial charge is 0.229 e. The minimum atomic E-state index is -0.413. The van der Waals surface area contributed by atoms with E-state index in [-0.39, 0.29) is 17.2 Å². The Morgan fingerprint density at radius 2 is 1.97 bits per heavy atom. The lowest BCUT2D eigenvalue weighted by molar-refractivity contribution is -0.134. The molecule has 1 aromatic heterocycles. The van der Waals surface area contributed by atoms with Gasteiger partial charge in [0.1, 0.15) is 11.9 Å². The maximum absolute atomic E-state index is 13.5. The van der Waals surface area contributed by atoms with E-state index in [2.05, 4.69) is 30.2 Å². The molecule has 5 aliphatic carbocycles. The molecule has 34 heavy (non-hydrogen) atoms. The molecule has 0 radical (unpaired) electrons. The van der Waals surface area contributed by atoms with Crippen LogP contribution in [0.15, 0.2) is 18.3 Å². The van der Waals surface area contributed by atoms with E-state index >= 15 is 0 Å². The molecule has 1 amide bonds. The SMILES string of the molecule is CCC[C@@]1(O)CC[C@H]2[C@H](CC[C@@H]3[C@@H]2CC[C@@]2(C)[C@H]3[C@@H]3C[C@@H]3[C@@H]2C(=O)Nc2ccc(C#N)cn2)C1. The van der Waals surface area contributed by atoms with Crippen LogP contribution in [0.5, 0.6) is 0 Å². The summed E-state index contributed by atoms with van der Waals surface area (Å²) in [6.07, 6.45) is 13.0. The van der Waals surface area contributed by atoms with Gasteiger partial charge in [-0.3, -0.25) is 4.79 Å². The molecule has 5 saturated carbocycles. The number of pyridine rings is 1. The maximum Gasteiger partial charge on any atom is 0.229 e. The lowest BCUT2D eigenvalue weighted by Gasteiger charge is -2.58. The standard InChI is InChI=1S/C29H39N3O2/c1-3-10-29(34)12-9-19-18(14-29)5-6-21-20(19)8-11-28(2)25(21)22-13-23(22)26(28)27(33)32-24-7-4-17(15-30)16-31-24/h4,7,16,18-23,25-26,34H,3,5-6,8-14H2,1-2H3,(H,31,32,33)/t18-,19+,20-,21-,22-,23+,25-,26-,28+,29-/m1/s1. The zero-order chi connectivity index (χ0) is 23.7. The topological polar surface area (TPSA) is 86.0 Å². The number of amides is 1. The van der Waals surface area contributed by atoms with Gasteiger partial charge in [-0.05, 0) is 117 Å². The summed E-state index contributed by atoms with van der Waals surface area (Å²) in [6.45, 7) is 4.61. The molecule has 0 unspecified atom stereocenters. The summed E-state index contributed by atoms with van der Waals surface area (Å²) in [6, 6.07) is 5.55. The average molecular weight is 462 g/mol. The van der Waals surface area contributed by atoms with Gasteiger partial charge in [-0.2, -0.15) is 5.26 Å². The Balaban J connectivity index is 1.19. The lowest BCUT2D eigenvalue weighted by atomic mass is 9.48. The van der Waals surface area contributed by atoms with Crippen molar-refractivity contribution < 1.29 is 9.90 Å². The van der Waals surface area contributed by atoms with Crippen LogP contribution in [0.4, 0.5) is 5.82 Å². The van der Waals surface area contributed by atoms with Crippen LogP contribution in [0.3, 0.4) is 0 Å². The number of nitrogens with zero attached hydrogens (tertiary/aromatic N) is 2. The van der Waals surface area contributed by atoms with E-state index in [1.807, 2.05) is 0 Å². The molecule has 0 saturated heterocycles. The number of anilines is 1. The van der Waals surface area contributed by atoms with Crippen molar-refractivity contribution in [3.8, 4) is 6.07 Å². The van der Waals surface area contributed by atoms with Crippen molar-refractivity contribution in [2.45, 2.75) is 83.7 Å². The van der Waals surface area contributed by atoms with Crippen molar-refractivity contribution in [1.29, 1.82) is 5.26 Å². The van der Waals surface area contributed by atoms with Gasteiger partial charge in [0.2, 0.25) is 5.91 Å². The highest BCUT2D eigenvalue weighted by atomic mass is 16.3. The van der Waals surface area contributed by atoms with Crippen LogP contribution in [0.2, 0.25) is 0 Å². The third kappa shape index (κ3) is 3.43. The van der Waals surface area contributed by atoms with Crippen molar-refractivity contribution >= 4 is 11.7 Å². The van der Waals surface area contributed by atoms with Gasteiger partial charge in [-0.25, -0.2) is 4.98 Å². The quantitative estimate of drug-likeness (QED) is 0.616. The number of hydrogen-bond acceptors (Lipinski definition) is 4. The number of aromatic nitrogens is 1. The molecule has 6 rings (SSSR count). The molecule has 0 aliphatic heterocycles. The van der Waals surface area contributed by atoms with E-state index in [9.17, 15) is 9.90 Å². The first kappa shape index (κ1) is 22.5. The molecular weight excluding hydrogens is 422 g/mol. The Morgan fingerprint density at radius 1 is 1.15 bits per heavy atom. The average Bonchev–Trinajstić information content (AvgIpc) is 3.52. The van der Waals surface area contributed by atoms with E-state index < -0.39 is 5.60 Å². The highest BCUT2D eigenvalue weighted by Crippen LogP contribution is 2.74. The summed E-state index contributed by atoms with van der Waals surface area (Å²) in [5.41, 5.74) is 0.192. The number of nitriles is 1. The highest BCUT2D eigenvalue weighted by Gasteiger charge is 2.71. The number of nitrogens with one attached hydrogen (secondary N) is 1. The predicted octanol–water partition coefficient (Wildman–Crippen LogP) is 5.55. The fraction of sp³-hybridized carbons (Fsp3) is 0.759. The van der Waals surface area contributed by atoms with Gasteiger partial charge in [0.15, 0.2) is 0 Å². The van der Waals surface area contributed by atoms with E-state index in [0.717, 1.165) is 55.8 Å². The van der Waals surface area contributed by atoms with E-state index in [1.54, 1.807) is 12.1 Å². The lowest BCUT2D eigenvalue weighted by Crippen LogP contribution is -2.53. The zero-order valence-electron chi connectivity index (χ0n) is 20.7. The molecule has 0 aromatic carbocycles. The van der Waals surface area contributed by atoms with Crippen LogP contribution in [-0.4, -0.2) is 21.6 Å². The molecule has 1 heterocycles. The van der Waals surface area contributed by atoms with Crippen LogP contribution < -0.4 is 5.32 Å². The fourth-order valence-corrected chi connectivity index (χ4v) is 9.85. The molecule has 182 valence electrons. The summed E-state index contributed by atoms with van der Waals surface area (Å²) in [4.78, 5) is 17.8. The van der Waals surface area contributed by atoms with Crippen LogP contribution in [0.1, 0.15) is 83.6 Å². The van der Waals surface area contributed by atoms with E-state index in [0.29, 0.717) is 29.1 Å². The third-order valence-electron chi connectivity index (χ3n) is 11.0. The molecule has 10 atom stereocenters. The first-order valence-electron chi connectivity index (χ1n) is 13.8. The second-order valence-corrected chi connectivity index (χ2v) is 12.7. The predicted molar refractivity (Wildman–Crippen MR) is 130 cm³/mol. The maximum atomic E-state index is 13.5. The number of carbonyl (C=O) groups is 1. The summed E-state index contributed by atoms with van der Waals surface area (Å²) >= 11 is 0. The van der Waals surface area contributed by atoms with Crippen LogP contribution in [0, 0.1) is 64.1 Å². The molecule has 5 fully saturated rings. The van der Waals surface area contributed by atoms with Crippen molar-refractivity contribution in [3.63, 3.8) is 0 Å². The van der Waals surface area contributed by atoms with Crippen molar-refractivity contribution in [1.82, 2.24) is 4.98 Å². The summed E-state index contributed by atoms with van der Waals surface area (Å²) in [7, 11) is 0. The Hall–Kier alpha value is -1.93. The van der Waals surface area contributed by atoms with E-state index in [1.165, 1.54) is 38.3 Å². The second-order valence-electron chi connectivity index (χ2n) is 12.7. The Bertz CT molecular complexity index is 1000. The zero-order valence-corrected chi connectivity index (χ0v) is 20.7. The van der Waals surface area contributed by atoms with Gasteiger partial charge in [0, 0.05) is 12.1 Å². The first-order valence-corrected chi connectivity index (χ1v) is 13.8. The first-order chi connectivity index (χ1) is 16.4. The number of carbonyl (C=O) groups excluding carboxylic acids is 1. The minimum absolute atomic E-state index is 0.0830. The van der Waals surface area contributed by atoms with Gasteiger partial charge in [-0.1, -0.05) is 20.3 Å². The van der Waals surface area contributed by atoms with Crippen molar-refractivity contribution in [2.75, 3.05) is 5.32 Å². The van der Waals surface area contributed by atoms with Gasteiger partial charge >= 0.3 is 0 Å². The van der Waals surface area contributed by atoms with Gasteiger partial charge in [0.25, 0.3) is 0 Å². The second kappa shape index (κ2) is 8.05. The fourth-order valence-electron chi connectivity index (χ4n) is 9.85. The largest absolute Gasteiger partial charge is 0.390 e. The third-order valence-corrected chi connectivity index (χ3v) is 11.0. The monoisotopic (exact) mass is 461 g/mol. The molecular formula is C29H39N3O2. The van der Waals surface area contributed by atoms with Crippen molar-refractivity contribution in [2.24, 2.45) is 52.8 Å². The normalized spacial score (nSPS) is 46.3. The van der Waals surface area contributed by atoms with Crippen LogP contribution in [0.25, 0.3) is 0 Å². The Labute approximate surface area is 203 Å². The summed E-state index contributed by atoms with van der Waals surface area (Å²) in [5.74, 6) is 5.77. The minimum Gasteiger partial charge on any atom is -0.390 e. The molecule has 5 heteroatoms.